The molecular formula is C15H23N2O+. The third-order valence-corrected chi connectivity index (χ3v) is 4.17. The summed E-state index contributed by atoms with van der Waals surface area (Å²) in [5.74, 6) is 0.695. The van der Waals surface area contributed by atoms with Crippen LogP contribution in [0.3, 0.4) is 0 Å². The van der Waals surface area contributed by atoms with E-state index in [4.69, 9.17) is 0 Å². The fourth-order valence-electron chi connectivity index (χ4n) is 2.95. The Hall–Kier alpha value is -1.35. The summed E-state index contributed by atoms with van der Waals surface area (Å²) in [6.07, 6.45) is 0.954. The van der Waals surface area contributed by atoms with Crippen molar-refractivity contribution in [2.75, 3.05) is 19.6 Å². The Morgan fingerprint density at radius 3 is 2.39 bits per heavy atom. The number of rotatable bonds is 5. The molecule has 2 rings (SSSR count). The van der Waals surface area contributed by atoms with E-state index < -0.39 is 0 Å². The Labute approximate surface area is 109 Å². The Balaban J connectivity index is 2.32. The highest BCUT2D eigenvalue weighted by Crippen LogP contribution is 2.54. The molecule has 1 amide bonds. The van der Waals surface area contributed by atoms with Crippen LogP contribution < -0.4 is 5.73 Å². The highest BCUT2D eigenvalue weighted by molar-refractivity contribution is 5.92. The lowest BCUT2D eigenvalue weighted by Crippen LogP contribution is -2.53. The SMILES string of the molecule is CCN(CC)C(=O)[C@]1(c2ccccc2)C[C@@H]1C[NH3+]. The number of nitrogens with zero attached hydrogens (tertiary/aromatic N) is 1. The molecule has 1 saturated carbocycles. The van der Waals surface area contributed by atoms with Crippen molar-refractivity contribution < 1.29 is 10.5 Å². The number of quaternary nitrogens is 1. The van der Waals surface area contributed by atoms with E-state index in [0.29, 0.717) is 5.92 Å². The van der Waals surface area contributed by atoms with Gasteiger partial charge in [0.15, 0.2) is 0 Å². The van der Waals surface area contributed by atoms with E-state index >= 15 is 0 Å². The molecule has 1 aromatic rings. The van der Waals surface area contributed by atoms with E-state index in [-0.39, 0.29) is 11.3 Å². The molecule has 0 aliphatic heterocycles. The molecule has 1 fully saturated rings. The van der Waals surface area contributed by atoms with Gasteiger partial charge in [0, 0.05) is 19.0 Å². The maximum absolute atomic E-state index is 12.8. The number of likely N-dealkylation sites (N-methyl/N-ethyl adjacent to an activating group) is 1. The second kappa shape index (κ2) is 5.11. The largest absolute Gasteiger partial charge is 0.357 e. The van der Waals surface area contributed by atoms with Crippen LogP contribution in [0.4, 0.5) is 0 Å². The molecule has 98 valence electrons. The Morgan fingerprint density at radius 1 is 1.33 bits per heavy atom. The Morgan fingerprint density at radius 2 is 1.94 bits per heavy atom. The van der Waals surface area contributed by atoms with Gasteiger partial charge in [-0.3, -0.25) is 4.79 Å². The average molecular weight is 247 g/mol. The van der Waals surface area contributed by atoms with Gasteiger partial charge in [-0.1, -0.05) is 30.3 Å². The van der Waals surface area contributed by atoms with E-state index in [2.05, 4.69) is 17.9 Å². The van der Waals surface area contributed by atoms with Crippen molar-refractivity contribution in [2.24, 2.45) is 5.92 Å². The van der Waals surface area contributed by atoms with E-state index in [9.17, 15) is 4.79 Å². The summed E-state index contributed by atoms with van der Waals surface area (Å²) in [6, 6.07) is 10.2. The van der Waals surface area contributed by atoms with Crippen LogP contribution in [-0.2, 0) is 10.2 Å². The minimum Gasteiger partial charge on any atom is -0.357 e. The number of hydrogen-bond donors (Lipinski definition) is 1. The molecule has 0 radical (unpaired) electrons. The van der Waals surface area contributed by atoms with Crippen molar-refractivity contribution in [1.29, 1.82) is 0 Å². The Bertz CT molecular complexity index is 414. The molecule has 0 spiro atoms. The maximum Gasteiger partial charge on any atom is 0.233 e. The van der Waals surface area contributed by atoms with Crippen LogP contribution >= 0.6 is 0 Å². The van der Waals surface area contributed by atoms with E-state index in [1.54, 1.807) is 0 Å². The highest BCUT2D eigenvalue weighted by atomic mass is 16.2. The molecule has 2 atom stereocenters. The fraction of sp³-hybridized carbons (Fsp3) is 0.533. The van der Waals surface area contributed by atoms with Gasteiger partial charge in [0.1, 0.15) is 0 Å². The first kappa shape index (κ1) is 13.1. The summed E-state index contributed by atoms with van der Waals surface area (Å²) in [5, 5.41) is 0. The van der Waals surface area contributed by atoms with Crippen molar-refractivity contribution >= 4 is 5.91 Å². The van der Waals surface area contributed by atoms with Gasteiger partial charge in [-0.2, -0.15) is 0 Å². The zero-order chi connectivity index (χ0) is 13.2. The molecule has 0 aromatic heterocycles. The summed E-state index contributed by atoms with van der Waals surface area (Å²) in [7, 11) is 0. The number of amides is 1. The predicted octanol–water partition coefficient (Wildman–Crippen LogP) is 1.05. The van der Waals surface area contributed by atoms with Crippen LogP contribution in [0.15, 0.2) is 30.3 Å². The van der Waals surface area contributed by atoms with Gasteiger partial charge in [-0.25, -0.2) is 0 Å². The zero-order valence-electron chi connectivity index (χ0n) is 11.4. The lowest BCUT2D eigenvalue weighted by atomic mass is 9.91. The van der Waals surface area contributed by atoms with E-state index in [1.807, 2.05) is 36.9 Å². The number of benzene rings is 1. The first-order chi connectivity index (χ1) is 8.70. The number of hydrogen-bond acceptors (Lipinski definition) is 1. The highest BCUT2D eigenvalue weighted by Gasteiger charge is 2.62. The number of carbonyl (C=O) groups excluding carboxylic acids is 1. The minimum atomic E-state index is -0.283. The molecule has 3 heteroatoms. The molecule has 1 aromatic carbocycles. The van der Waals surface area contributed by atoms with Crippen molar-refractivity contribution in [3.63, 3.8) is 0 Å². The third kappa shape index (κ3) is 1.93. The molecule has 3 N–H and O–H groups in total. The molecule has 0 saturated heterocycles. The molecular weight excluding hydrogens is 224 g/mol. The minimum absolute atomic E-state index is 0.283. The van der Waals surface area contributed by atoms with Crippen LogP contribution in [0.5, 0.6) is 0 Å². The van der Waals surface area contributed by atoms with Gasteiger partial charge in [0.25, 0.3) is 0 Å². The predicted molar refractivity (Wildman–Crippen MR) is 71.9 cm³/mol. The Kier molecular flexibility index (Phi) is 3.71. The van der Waals surface area contributed by atoms with Gasteiger partial charge in [0.05, 0.1) is 12.0 Å². The van der Waals surface area contributed by atoms with Gasteiger partial charge in [0.2, 0.25) is 5.91 Å². The third-order valence-electron chi connectivity index (χ3n) is 4.17. The second-order valence-corrected chi connectivity index (χ2v) is 5.00. The monoisotopic (exact) mass is 247 g/mol. The maximum atomic E-state index is 12.8. The molecule has 3 nitrogen and oxygen atoms in total. The fourth-order valence-corrected chi connectivity index (χ4v) is 2.95. The smallest absolute Gasteiger partial charge is 0.233 e. The van der Waals surface area contributed by atoms with E-state index in [1.165, 1.54) is 0 Å². The standard InChI is InChI=1S/C15H22N2O/c1-3-17(4-2)14(18)15(10-13(15)11-16)12-8-6-5-7-9-12/h5-9,13H,3-4,10-11,16H2,1-2H3/p+1/t13-,15+/m1/s1. The lowest BCUT2D eigenvalue weighted by molar-refractivity contribution is -0.373. The van der Waals surface area contributed by atoms with Crippen LogP contribution in [0.25, 0.3) is 0 Å². The van der Waals surface area contributed by atoms with Crippen molar-refractivity contribution in [3.05, 3.63) is 35.9 Å². The van der Waals surface area contributed by atoms with Gasteiger partial charge in [-0.05, 0) is 25.8 Å². The normalized spacial score (nSPS) is 25.8. The first-order valence-electron chi connectivity index (χ1n) is 6.84. The van der Waals surface area contributed by atoms with Gasteiger partial charge >= 0.3 is 0 Å². The van der Waals surface area contributed by atoms with Crippen LogP contribution in [0.1, 0.15) is 25.8 Å². The molecule has 0 unspecified atom stereocenters. The molecule has 18 heavy (non-hydrogen) atoms. The summed E-state index contributed by atoms with van der Waals surface area (Å²) in [5.41, 5.74) is 4.87. The van der Waals surface area contributed by atoms with E-state index in [0.717, 1.165) is 31.6 Å². The summed E-state index contributed by atoms with van der Waals surface area (Å²) in [4.78, 5) is 14.7. The second-order valence-electron chi connectivity index (χ2n) is 5.00. The first-order valence-corrected chi connectivity index (χ1v) is 6.84. The summed E-state index contributed by atoms with van der Waals surface area (Å²) in [6.45, 7) is 6.49. The van der Waals surface area contributed by atoms with Crippen molar-refractivity contribution in [2.45, 2.75) is 25.7 Å². The quantitative estimate of drug-likeness (QED) is 0.831. The summed E-state index contributed by atoms with van der Waals surface area (Å²) >= 11 is 0. The van der Waals surface area contributed by atoms with Crippen LogP contribution in [0.2, 0.25) is 0 Å². The van der Waals surface area contributed by atoms with Crippen LogP contribution in [-0.4, -0.2) is 30.4 Å². The molecule has 0 bridgehead atoms. The zero-order valence-corrected chi connectivity index (χ0v) is 11.4. The van der Waals surface area contributed by atoms with Crippen molar-refractivity contribution in [1.82, 2.24) is 4.90 Å². The number of carbonyl (C=O) groups is 1. The van der Waals surface area contributed by atoms with Crippen LogP contribution in [0, 0.1) is 5.92 Å². The molecule has 1 aliphatic rings. The lowest BCUT2D eigenvalue weighted by Gasteiger charge is -2.26. The van der Waals surface area contributed by atoms with Crippen molar-refractivity contribution in [3.8, 4) is 0 Å². The molecule has 0 heterocycles. The topological polar surface area (TPSA) is 48.0 Å². The van der Waals surface area contributed by atoms with Gasteiger partial charge in [-0.15, -0.1) is 0 Å². The summed E-state index contributed by atoms with van der Waals surface area (Å²) < 4.78 is 0. The molecule has 1 aliphatic carbocycles. The average Bonchev–Trinajstić information content (AvgIpc) is 3.17. The van der Waals surface area contributed by atoms with Gasteiger partial charge < -0.3 is 10.6 Å².